The van der Waals surface area contributed by atoms with Gasteiger partial charge in [-0.05, 0) is 40.8 Å². The molecular weight excluding hydrogens is 446 g/mol. The Morgan fingerprint density at radius 3 is 2.26 bits per heavy atom. The van der Waals surface area contributed by atoms with Crippen LogP contribution in [0.3, 0.4) is 0 Å². The summed E-state index contributed by atoms with van der Waals surface area (Å²) in [6, 6.07) is 19.5. The summed E-state index contributed by atoms with van der Waals surface area (Å²) in [5, 5.41) is 14.3. The monoisotopic (exact) mass is 473 g/mol. The lowest BCUT2D eigenvalue weighted by Gasteiger charge is -2.15. The number of hydrogen-bond donors (Lipinski definition) is 3. The Balaban J connectivity index is 1.22. The standard InChI is InChI=1S/C27H27N3O5/c1-17(26(33)30-19-11-10-18(29-15-19)14-25(31)32)12-13-28-27(34)35-16-24-22-8-4-2-6-20(22)21-7-3-5-9-23(21)24/h2-11,15,17,24H,12-14,16H2,1H3,(H,28,34)(H,30,33)(H,31,32). The molecule has 0 spiro atoms. The number of carboxylic acids is 1. The number of carbonyl (C=O) groups is 3. The Morgan fingerprint density at radius 1 is 1.00 bits per heavy atom. The van der Waals surface area contributed by atoms with Crippen LogP contribution < -0.4 is 10.6 Å². The van der Waals surface area contributed by atoms with E-state index in [1.165, 1.54) is 17.3 Å². The predicted molar refractivity (Wildman–Crippen MR) is 131 cm³/mol. The zero-order chi connectivity index (χ0) is 24.8. The van der Waals surface area contributed by atoms with E-state index in [1.54, 1.807) is 19.1 Å². The minimum Gasteiger partial charge on any atom is -0.481 e. The zero-order valence-corrected chi connectivity index (χ0v) is 19.4. The van der Waals surface area contributed by atoms with Crippen molar-refractivity contribution < 1.29 is 24.2 Å². The van der Waals surface area contributed by atoms with Gasteiger partial charge in [0.2, 0.25) is 5.91 Å². The average molecular weight is 474 g/mol. The number of alkyl carbamates (subject to hydrolysis) is 1. The summed E-state index contributed by atoms with van der Waals surface area (Å²) < 4.78 is 5.52. The van der Waals surface area contributed by atoms with Crippen LogP contribution in [-0.2, 0) is 20.7 Å². The third kappa shape index (κ3) is 5.84. The first-order valence-electron chi connectivity index (χ1n) is 11.5. The van der Waals surface area contributed by atoms with Gasteiger partial charge in [0.05, 0.1) is 24.0 Å². The van der Waals surface area contributed by atoms with E-state index in [0.29, 0.717) is 24.3 Å². The highest BCUT2D eigenvalue weighted by atomic mass is 16.5. The molecule has 4 rings (SSSR count). The molecule has 1 aliphatic rings. The van der Waals surface area contributed by atoms with E-state index in [9.17, 15) is 14.4 Å². The van der Waals surface area contributed by atoms with Gasteiger partial charge in [-0.1, -0.05) is 55.5 Å². The molecule has 1 heterocycles. The van der Waals surface area contributed by atoms with E-state index in [-0.39, 0.29) is 30.8 Å². The van der Waals surface area contributed by atoms with Crippen molar-refractivity contribution in [3.63, 3.8) is 0 Å². The first kappa shape index (κ1) is 23.9. The number of nitrogens with one attached hydrogen (secondary N) is 2. The molecule has 0 aliphatic heterocycles. The molecule has 8 nitrogen and oxygen atoms in total. The summed E-state index contributed by atoms with van der Waals surface area (Å²) in [4.78, 5) is 39.5. The number of anilines is 1. The molecule has 8 heteroatoms. The van der Waals surface area contributed by atoms with E-state index in [4.69, 9.17) is 9.84 Å². The van der Waals surface area contributed by atoms with Gasteiger partial charge < -0.3 is 20.5 Å². The number of hydrogen-bond acceptors (Lipinski definition) is 5. The first-order chi connectivity index (χ1) is 16.9. The van der Waals surface area contributed by atoms with Gasteiger partial charge >= 0.3 is 12.1 Å². The normalized spacial score (nSPS) is 12.8. The molecular formula is C27H27N3O5. The van der Waals surface area contributed by atoms with Crippen molar-refractivity contribution >= 4 is 23.7 Å². The molecule has 3 N–H and O–H groups in total. The zero-order valence-electron chi connectivity index (χ0n) is 19.4. The molecule has 35 heavy (non-hydrogen) atoms. The second kappa shape index (κ2) is 10.8. The number of rotatable bonds is 9. The van der Waals surface area contributed by atoms with Crippen LogP contribution in [0.15, 0.2) is 66.9 Å². The first-order valence-corrected chi connectivity index (χ1v) is 11.5. The van der Waals surface area contributed by atoms with E-state index in [1.807, 2.05) is 24.3 Å². The van der Waals surface area contributed by atoms with Gasteiger partial charge in [-0.2, -0.15) is 0 Å². The van der Waals surface area contributed by atoms with E-state index >= 15 is 0 Å². The van der Waals surface area contributed by atoms with Gasteiger partial charge in [-0.15, -0.1) is 0 Å². The molecule has 1 unspecified atom stereocenters. The molecule has 1 atom stereocenters. The summed E-state index contributed by atoms with van der Waals surface area (Å²) in [6.07, 6.45) is 1.17. The highest BCUT2D eigenvalue weighted by molar-refractivity contribution is 5.92. The lowest BCUT2D eigenvalue weighted by molar-refractivity contribution is -0.136. The largest absolute Gasteiger partial charge is 0.481 e. The van der Waals surface area contributed by atoms with Crippen LogP contribution >= 0.6 is 0 Å². The number of fused-ring (bicyclic) bond motifs is 3. The van der Waals surface area contributed by atoms with Crippen molar-refractivity contribution in [2.45, 2.75) is 25.7 Å². The number of benzene rings is 2. The number of nitrogens with zero attached hydrogens (tertiary/aromatic N) is 1. The Hall–Kier alpha value is -4.20. The van der Waals surface area contributed by atoms with E-state index < -0.39 is 12.1 Å². The van der Waals surface area contributed by atoms with Crippen LogP contribution in [0.25, 0.3) is 11.1 Å². The topological polar surface area (TPSA) is 118 Å². The minimum atomic E-state index is -0.966. The Bertz CT molecular complexity index is 1180. The summed E-state index contributed by atoms with van der Waals surface area (Å²) in [6.45, 7) is 2.29. The smallest absolute Gasteiger partial charge is 0.407 e. The predicted octanol–water partition coefficient (Wildman–Crippen LogP) is 4.21. The summed E-state index contributed by atoms with van der Waals surface area (Å²) in [5.74, 6) is -1.55. The molecule has 0 bridgehead atoms. The van der Waals surface area contributed by atoms with Gasteiger partial charge in [0.1, 0.15) is 6.61 Å². The summed E-state index contributed by atoms with van der Waals surface area (Å²) in [7, 11) is 0. The number of amides is 2. The molecule has 0 radical (unpaired) electrons. The van der Waals surface area contributed by atoms with Crippen molar-refractivity contribution in [2.24, 2.45) is 5.92 Å². The van der Waals surface area contributed by atoms with E-state index in [2.05, 4.69) is 39.9 Å². The molecule has 0 saturated heterocycles. The van der Waals surface area contributed by atoms with Crippen molar-refractivity contribution in [3.8, 4) is 11.1 Å². The van der Waals surface area contributed by atoms with Crippen LogP contribution in [0.1, 0.15) is 36.1 Å². The van der Waals surface area contributed by atoms with Gasteiger partial charge in [0, 0.05) is 18.4 Å². The molecule has 0 fully saturated rings. The summed E-state index contributed by atoms with van der Waals surface area (Å²) in [5.41, 5.74) is 5.54. The third-order valence-corrected chi connectivity index (χ3v) is 6.06. The van der Waals surface area contributed by atoms with Crippen molar-refractivity contribution in [1.29, 1.82) is 0 Å². The third-order valence-electron chi connectivity index (χ3n) is 6.06. The molecule has 0 saturated carbocycles. The number of ether oxygens (including phenoxy) is 1. The number of carbonyl (C=O) groups excluding carboxylic acids is 2. The number of aromatic nitrogens is 1. The average Bonchev–Trinajstić information content (AvgIpc) is 3.17. The fraction of sp³-hybridized carbons (Fsp3) is 0.259. The molecule has 1 aliphatic carbocycles. The number of aliphatic carboxylic acids is 1. The van der Waals surface area contributed by atoms with Crippen LogP contribution in [0.2, 0.25) is 0 Å². The van der Waals surface area contributed by atoms with Crippen molar-refractivity contribution in [1.82, 2.24) is 10.3 Å². The second-order valence-corrected chi connectivity index (χ2v) is 8.54. The number of pyridine rings is 1. The Kier molecular flexibility index (Phi) is 7.40. The van der Waals surface area contributed by atoms with Gasteiger partial charge in [0.15, 0.2) is 0 Å². The SMILES string of the molecule is CC(CCNC(=O)OCC1c2ccccc2-c2ccccc21)C(=O)Nc1ccc(CC(=O)O)nc1. The highest BCUT2D eigenvalue weighted by Crippen LogP contribution is 2.44. The van der Waals surface area contributed by atoms with E-state index in [0.717, 1.165) is 11.1 Å². The molecule has 1 aromatic heterocycles. The maximum Gasteiger partial charge on any atom is 0.407 e. The summed E-state index contributed by atoms with van der Waals surface area (Å²) >= 11 is 0. The minimum absolute atomic E-state index is 0.00616. The van der Waals surface area contributed by atoms with Crippen LogP contribution in [0.5, 0.6) is 0 Å². The van der Waals surface area contributed by atoms with Crippen LogP contribution in [0, 0.1) is 5.92 Å². The van der Waals surface area contributed by atoms with Crippen LogP contribution in [0.4, 0.5) is 10.5 Å². The molecule has 2 amide bonds. The highest BCUT2D eigenvalue weighted by Gasteiger charge is 2.29. The van der Waals surface area contributed by atoms with Gasteiger partial charge in [-0.3, -0.25) is 14.6 Å². The second-order valence-electron chi connectivity index (χ2n) is 8.54. The lowest BCUT2D eigenvalue weighted by atomic mass is 9.98. The van der Waals surface area contributed by atoms with Crippen molar-refractivity contribution in [2.75, 3.05) is 18.5 Å². The lowest BCUT2D eigenvalue weighted by Crippen LogP contribution is -2.30. The quantitative estimate of drug-likeness (QED) is 0.429. The molecule has 180 valence electrons. The van der Waals surface area contributed by atoms with Gasteiger partial charge in [-0.25, -0.2) is 4.79 Å². The van der Waals surface area contributed by atoms with Crippen LogP contribution in [-0.4, -0.2) is 41.2 Å². The maximum absolute atomic E-state index is 12.4. The number of carboxylic acid groups (broad SMARTS) is 1. The molecule has 3 aromatic rings. The van der Waals surface area contributed by atoms with Gasteiger partial charge in [0.25, 0.3) is 0 Å². The Morgan fingerprint density at radius 2 is 1.66 bits per heavy atom. The fourth-order valence-electron chi connectivity index (χ4n) is 4.19. The Labute approximate surface area is 203 Å². The maximum atomic E-state index is 12.4. The molecule has 2 aromatic carbocycles. The fourth-order valence-corrected chi connectivity index (χ4v) is 4.19. The van der Waals surface area contributed by atoms with Crippen molar-refractivity contribution in [3.05, 3.63) is 83.7 Å².